The Morgan fingerprint density at radius 2 is 1.95 bits per heavy atom. The van der Waals surface area contributed by atoms with Crippen molar-refractivity contribution in [2.24, 2.45) is 5.92 Å². The van der Waals surface area contributed by atoms with Crippen molar-refractivity contribution >= 4 is 17.6 Å². The zero-order valence-corrected chi connectivity index (χ0v) is 12.3. The SMILES string of the molecule is Cc1ccccc1N(CCC(=O)O)C(=O)C1CCNCC1. The monoisotopic (exact) mass is 290 g/mol. The van der Waals surface area contributed by atoms with E-state index in [1.807, 2.05) is 31.2 Å². The van der Waals surface area contributed by atoms with Gasteiger partial charge in [0.05, 0.1) is 6.42 Å². The number of aryl methyl sites for hydroxylation is 1. The van der Waals surface area contributed by atoms with Crippen LogP contribution in [0.5, 0.6) is 0 Å². The van der Waals surface area contributed by atoms with E-state index in [9.17, 15) is 9.59 Å². The molecule has 1 amide bonds. The molecule has 0 radical (unpaired) electrons. The number of carbonyl (C=O) groups is 2. The van der Waals surface area contributed by atoms with E-state index in [0.29, 0.717) is 0 Å². The fourth-order valence-corrected chi connectivity index (χ4v) is 2.71. The van der Waals surface area contributed by atoms with E-state index in [-0.39, 0.29) is 24.8 Å². The van der Waals surface area contributed by atoms with E-state index in [4.69, 9.17) is 5.11 Å². The summed E-state index contributed by atoms with van der Waals surface area (Å²) in [5, 5.41) is 12.2. The van der Waals surface area contributed by atoms with Crippen LogP contribution >= 0.6 is 0 Å². The van der Waals surface area contributed by atoms with Gasteiger partial charge >= 0.3 is 5.97 Å². The van der Waals surface area contributed by atoms with Gasteiger partial charge in [-0.1, -0.05) is 18.2 Å². The van der Waals surface area contributed by atoms with Crippen molar-refractivity contribution in [2.75, 3.05) is 24.5 Å². The summed E-state index contributed by atoms with van der Waals surface area (Å²) in [6, 6.07) is 7.63. The molecule has 0 bridgehead atoms. The van der Waals surface area contributed by atoms with Crippen LogP contribution in [0.25, 0.3) is 0 Å². The van der Waals surface area contributed by atoms with E-state index in [2.05, 4.69) is 5.32 Å². The Morgan fingerprint density at radius 3 is 2.57 bits per heavy atom. The summed E-state index contributed by atoms with van der Waals surface area (Å²) in [6.45, 7) is 3.86. The zero-order valence-electron chi connectivity index (χ0n) is 12.3. The van der Waals surface area contributed by atoms with Gasteiger partial charge in [0.25, 0.3) is 0 Å². The van der Waals surface area contributed by atoms with Crippen molar-refractivity contribution in [2.45, 2.75) is 26.2 Å². The molecule has 2 N–H and O–H groups in total. The van der Waals surface area contributed by atoms with Gasteiger partial charge in [0, 0.05) is 18.2 Å². The van der Waals surface area contributed by atoms with Crippen molar-refractivity contribution in [3.8, 4) is 0 Å². The summed E-state index contributed by atoms with van der Waals surface area (Å²) >= 11 is 0. The first kappa shape index (κ1) is 15.5. The van der Waals surface area contributed by atoms with Crippen LogP contribution in [0.1, 0.15) is 24.8 Å². The van der Waals surface area contributed by atoms with Crippen molar-refractivity contribution in [1.29, 1.82) is 0 Å². The molecular weight excluding hydrogens is 268 g/mol. The van der Waals surface area contributed by atoms with E-state index < -0.39 is 5.97 Å². The molecule has 0 aromatic heterocycles. The Bertz CT molecular complexity index is 510. The number of piperidine rings is 1. The number of rotatable bonds is 5. The highest BCUT2D eigenvalue weighted by Crippen LogP contribution is 2.24. The predicted molar refractivity (Wildman–Crippen MR) is 81.4 cm³/mol. The Kier molecular flexibility index (Phi) is 5.33. The summed E-state index contributed by atoms with van der Waals surface area (Å²) in [7, 11) is 0. The van der Waals surface area contributed by atoms with Gasteiger partial charge in [-0.3, -0.25) is 9.59 Å². The van der Waals surface area contributed by atoms with Crippen LogP contribution in [0.15, 0.2) is 24.3 Å². The van der Waals surface area contributed by atoms with Gasteiger partial charge in [0.2, 0.25) is 5.91 Å². The second-order valence-corrected chi connectivity index (χ2v) is 5.44. The normalized spacial score (nSPS) is 15.7. The van der Waals surface area contributed by atoms with Crippen molar-refractivity contribution in [3.05, 3.63) is 29.8 Å². The molecule has 1 aliphatic rings. The Balaban J connectivity index is 2.20. The third-order valence-electron chi connectivity index (χ3n) is 3.91. The number of carbonyl (C=O) groups excluding carboxylic acids is 1. The minimum Gasteiger partial charge on any atom is -0.481 e. The predicted octanol–water partition coefficient (Wildman–Crippen LogP) is 1.80. The van der Waals surface area contributed by atoms with E-state index in [1.54, 1.807) is 4.90 Å². The number of carboxylic acid groups (broad SMARTS) is 1. The Hall–Kier alpha value is -1.88. The third kappa shape index (κ3) is 4.04. The van der Waals surface area contributed by atoms with Gasteiger partial charge in [0.1, 0.15) is 0 Å². The fourth-order valence-electron chi connectivity index (χ4n) is 2.71. The average Bonchev–Trinajstić information content (AvgIpc) is 2.49. The average molecular weight is 290 g/mol. The van der Waals surface area contributed by atoms with Crippen LogP contribution in [0.2, 0.25) is 0 Å². The number of nitrogens with zero attached hydrogens (tertiary/aromatic N) is 1. The minimum absolute atomic E-state index is 0.0142. The lowest BCUT2D eigenvalue weighted by atomic mass is 9.96. The fraction of sp³-hybridized carbons (Fsp3) is 0.500. The molecule has 0 aliphatic carbocycles. The second-order valence-electron chi connectivity index (χ2n) is 5.44. The van der Waals surface area contributed by atoms with E-state index >= 15 is 0 Å². The number of para-hydroxylation sites is 1. The lowest BCUT2D eigenvalue weighted by Gasteiger charge is -2.30. The van der Waals surface area contributed by atoms with Gasteiger partial charge in [-0.25, -0.2) is 0 Å². The lowest BCUT2D eigenvalue weighted by Crippen LogP contribution is -2.42. The van der Waals surface area contributed by atoms with E-state index in [0.717, 1.165) is 37.2 Å². The zero-order chi connectivity index (χ0) is 15.2. The molecule has 1 aromatic rings. The molecule has 1 heterocycles. The van der Waals surface area contributed by atoms with Crippen molar-refractivity contribution < 1.29 is 14.7 Å². The molecule has 1 aliphatic heterocycles. The maximum absolute atomic E-state index is 12.8. The minimum atomic E-state index is -0.883. The topological polar surface area (TPSA) is 69.6 Å². The number of amides is 1. The molecule has 0 unspecified atom stereocenters. The number of benzene rings is 1. The molecule has 5 nitrogen and oxygen atoms in total. The number of hydrogen-bond donors (Lipinski definition) is 2. The first-order valence-electron chi connectivity index (χ1n) is 7.39. The van der Waals surface area contributed by atoms with Crippen LogP contribution < -0.4 is 10.2 Å². The quantitative estimate of drug-likeness (QED) is 0.867. The molecule has 5 heteroatoms. The molecule has 1 fully saturated rings. The third-order valence-corrected chi connectivity index (χ3v) is 3.91. The van der Waals surface area contributed by atoms with Gasteiger partial charge in [-0.05, 0) is 44.5 Å². The summed E-state index contributed by atoms with van der Waals surface area (Å²) < 4.78 is 0. The van der Waals surface area contributed by atoms with E-state index in [1.165, 1.54) is 0 Å². The molecule has 1 aromatic carbocycles. The smallest absolute Gasteiger partial charge is 0.305 e. The summed E-state index contributed by atoms with van der Waals surface area (Å²) in [5.41, 5.74) is 1.81. The van der Waals surface area contributed by atoms with Gasteiger partial charge in [-0.15, -0.1) is 0 Å². The van der Waals surface area contributed by atoms with Gasteiger partial charge < -0.3 is 15.3 Å². The molecular formula is C16H22N2O3. The van der Waals surface area contributed by atoms with Gasteiger partial charge in [0.15, 0.2) is 0 Å². The van der Waals surface area contributed by atoms with Crippen LogP contribution in [0.4, 0.5) is 5.69 Å². The number of carboxylic acids is 1. The highest BCUT2D eigenvalue weighted by Gasteiger charge is 2.27. The number of anilines is 1. The summed E-state index contributed by atoms with van der Waals surface area (Å²) in [5.74, 6) is -0.849. The Morgan fingerprint density at radius 1 is 1.29 bits per heavy atom. The number of nitrogens with one attached hydrogen (secondary N) is 1. The van der Waals surface area contributed by atoms with Crippen LogP contribution in [0, 0.1) is 12.8 Å². The Labute approximate surface area is 125 Å². The second kappa shape index (κ2) is 7.22. The van der Waals surface area contributed by atoms with Gasteiger partial charge in [-0.2, -0.15) is 0 Å². The van der Waals surface area contributed by atoms with Crippen molar-refractivity contribution in [3.63, 3.8) is 0 Å². The van der Waals surface area contributed by atoms with Crippen LogP contribution in [-0.2, 0) is 9.59 Å². The molecule has 0 saturated carbocycles. The molecule has 0 atom stereocenters. The number of aliphatic carboxylic acids is 1. The molecule has 114 valence electrons. The molecule has 1 saturated heterocycles. The summed E-state index contributed by atoms with van der Waals surface area (Å²) in [6.07, 6.45) is 1.59. The lowest BCUT2D eigenvalue weighted by molar-refractivity contribution is -0.136. The molecule has 2 rings (SSSR count). The standard InChI is InChI=1S/C16H22N2O3/c1-12-4-2-3-5-14(12)18(11-8-15(19)20)16(21)13-6-9-17-10-7-13/h2-5,13,17H,6-11H2,1H3,(H,19,20). The van der Waals surface area contributed by atoms with Crippen molar-refractivity contribution in [1.82, 2.24) is 5.32 Å². The largest absolute Gasteiger partial charge is 0.481 e. The molecule has 21 heavy (non-hydrogen) atoms. The first-order chi connectivity index (χ1) is 10.1. The number of hydrogen-bond acceptors (Lipinski definition) is 3. The van der Waals surface area contributed by atoms with Crippen LogP contribution in [-0.4, -0.2) is 36.6 Å². The highest BCUT2D eigenvalue weighted by molar-refractivity contribution is 5.96. The first-order valence-corrected chi connectivity index (χ1v) is 7.39. The molecule has 0 spiro atoms. The van der Waals surface area contributed by atoms with Crippen LogP contribution in [0.3, 0.4) is 0 Å². The summed E-state index contributed by atoms with van der Waals surface area (Å²) in [4.78, 5) is 25.3. The maximum atomic E-state index is 12.8. The maximum Gasteiger partial charge on any atom is 0.305 e. The highest BCUT2D eigenvalue weighted by atomic mass is 16.4.